The molecule has 2 N–H and O–H groups in total. The summed E-state index contributed by atoms with van der Waals surface area (Å²) in [5, 5.41) is 13.8. The van der Waals surface area contributed by atoms with Crippen LogP contribution in [0.2, 0.25) is 0 Å². The van der Waals surface area contributed by atoms with Gasteiger partial charge in [-0.3, -0.25) is 4.79 Å². The van der Waals surface area contributed by atoms with Crippen molar-refractivity contribution in [1.82, 2.24) is 5.43 Å². The highest BCUT2D eigenvalue weighted by Crippen LogP contribution is 2.27. The van der Waals surface area contributed by atoms with Crippen molar-refractivity contribution >= 4 is 50.6 Å². The van der Waals surface area contributed by atoms with Gasteiger partial charge in [0.05, 0.1) is 9.78 Å². The molecule has 0 aromatic heterocycles. The number of phenolic OH excluding ortho intramolecular Hbond substituents is 1. The first kappa shape index (κ1) is 16.0. The number of aryl methyl sites for hydroxylation is 1. The van der Waals surface area contributed by atoms with E-state index in [9.17, 15) is 9.90 Å². The number of benzene rings is 2. The van der Waals surface area contributed by atoms with Gasteiger partial charge in [-0.25, -0.2) is 5.43 Å². The number of hydrazone groups is 1. The number of nitrogens with zero attached hydrogens (tertiary/aromatic N) is 1. The van der Waals surface area contributed by atoms with E-state index in [0.717, 1.165) is 10.0 Å². The first-order valence-corrected chi connectivity index (χ1v) is 7.92. The van der Waals surface area contributed by atoms with E-state index in [-0.39, 0.29) is 11.7 Å². The Morgan fingerprint density at radius 2 is 2.00 bits per heavy atom. The minimum atomic E-state index is -0.296. The summed E-state index contributed by atoms with van der Waals surface area (Å²) < 4.78 is 1.53. The first-order valence-electron chi connectivity index (χ1n) is 6.05. The zero-order valence-corrected chi connectivity index (χ0v) is 14.8. The minimum Gasteiger partial charge on any atom is -0.506 e. The van der Waals surface area contributed by atoms with Crippen LogP contribution in [0.15, 0.2) is 46.0 Å². The van der Waals surface area contributed by atoms with Gasteiger partial charge in [-0.15, -0.1) is 0 Å². The fourth-order valence-electron chi connectivity index (χ4n) is 1.61. The maximum atomic E-state index is 11.9. The Morgan fingerprint density at radius 1 is 1.33 bits per heavy atom. The molecule has 0 spiro atoms. The number of carbonyl (C=O) groups excluding carboxylic acids is 1. The highest BCUT2D eigenvalue weighted by molar-refractivity contribution is 14.1. The zero-order chi connectivity index (χ0) is 15.4. The lowest BCUT2D eigenvalue weighted by Crippen LogP contribution is -2.17. The molecule has 0 bridgehead atoms. The maximum absolute atomic E-state index is 11.9. The van der Waals surface area contributed by atoms with Gasteiger partial charge in [0.1, 0.15) is 5.75 Å². The SMILES string of the molecule is Cc1ccc(C(=O)N/N=C\c2cc(Br)cc(I)c2O)cc1. The number of hydrogen-bond acceptors (Lipinski definition) is 3. The molecule has 2 aromatic rings. The smallest absolute Gasteiger partial charge is 0.271 e. The average molecular weight is 459 g/mol. The number of halogens is 2. The van der Waals surface area contributed by atoms with Crippen LogP contribution < -0.4 is 5.43 Å². The number of carbonyl (C=O) groups is 1. The monoisotopic (exact) mass is 458 g/mol. The van der Waals surface area contributed by atoms with Crippen molar-refractivity contribution in [1.29, 1.82) is 0 Å². The van der Waals surface area contributed by atoms with Crippen molar-refractivity contribution in [2.24, 2.45) is 5.10 Å². The van der Waals surface area contributed by atoms with E-state index in [4.69, 9.17) is 0 Å². The van der Waals surface area contributed by atoms with Crippen LogP contribution >= 0.6 is 38.5 Å². The van der Waals surface area contributed by atoms with Crippen molar-refractivity contribution < 1.29 is 9.90 Å². The molecule has 0 unspecified atom stereocenters. The molecule has 0 aliphatic rings. The number of nitrogens with one attached hydrogen (secondary N) is 1. The van der Waals surface area contributed by atoms with E-state index in [1.807, 2.05) is 41.6 Å². The molecule has 108 valence electrons. The molecule has 21 heavy (non-hydrogen) atoms. The summed E-state index contributed by atoms with van der Waals surface area (Å²) in [6.07, 6.45) is 1.41. The van der Waals surface area contributed by atoms with Gasteiger partial charge in [-0.1, -0.05) is 33.6 Å². The molecule has 6 heteroatoms. The molecule has 1 amide bonds. The van der Waals surface area contributed by atoms with Crippen LogP contribution in [0.3, 0.4) is 0 Å². The fraction of sp³-hybridized carbons (Fsp3) is 0.0667. The Balaban J connectivity index is 2.09. The van der Waals surface area contributed by atoms with Crippen LogP contribution in [0.4, 0.5) is 0 Å². The molecule has 0 aliphatic heterocycles. The quantitative estimate of drug-likeness (QED) is 0.417. The van der Waals surface area contributed by atoms with E-state index >= 15 is 0 Å². The summed E-state index contributed by atoms with van der Waals surface area (Å²) in [4.78, 5) is 11.9. The minimum absolute atomic E-state index is 0.132. The Bertz CT molecular complexity index is 700. The standard InChI is InChI=1S/C15H12BrIN2O2/c1-9-2-4-10(5-3-9)15(21)19-18-8-11-6-12(16)7-13(17)14(11)20/h2-8,20H,1H3,(H,19,21)/b18-8-. The van der Waals surface area contributed by atoms with Crippen LogP contribution in [0.1, 0.15) is 21.5 Å². The van der Waals surface area contributed by atoms with Crippen molar-refractivity contribution in [2.45, 2.75) is 6.92 Å². The van der Waals surface area contributed by atoms with E-state index < -0.39 is 0 Å². The van der Waals surface area contributed by atoms with Crippen LogP contribution in [-0.4, -0.2) is 17.2 Å². The molecule has 0 saturated carbocycles. The average Bonchev–Trinajstić information content (AvgIpc) is 2.44. The van der Waals surface area contributed by atoms with Gasteiger partial charge in [0, 0.05) is 15.6 Å². The number of aromatic hydroxyl groups is 1. The van der Waals surface area contributed by atoms with Crippen LogP contribution in [0.5, 0.6) is 5.75 Å². The third-order valence-electron chi connectivity index (χ3n) is 2.74. The second-order valence-electron chi connectivity index (χ2n) is 4.39. The van der Waals surface area contributed by atoms with E-state index in [1.54, 1.807) is 24.3 Å². The van der Waals surface area contributed by atoms with Crippen LogP contribution in [0, 0.1) is 10.5 Å². The summed E-state index contributed by atoms with van der Waals surface area (Å²) in [6.45, 7) is 1.96. The molecular formula is C15H12BrIN2O2. The molecule has 0 atom stereocenters. The van der Waals surface area contributed by atoms with Crippen LogP contribution in [0.25, 0.3) is 0 Å². The van der Waals surface area contributed by atoms with Crippen molar-refractivity contribution in [2.75, 3.05) is 0 Å². The van der Waals surface area contributed by atoms with Gasteiger partial charge < -0.3 is 5.11 Å². The normalized spacial score (nSPS) is 10.8. The maximum Gasteiger partial charge on any atom is 0.271 e. The summed E-state index contributed by atoms with van der Waals surface area (Å²) in [7, 11) is 0. The van der Waals surface area contributed by atoms with Gasteiger partial charge in [0.2, 0.25) is 0 Å². The molecule has 2 aromatic carbocycles. The molecule has 0 aliphatic carbocycles. The second-order valence-corrected chi connectivity index (χ2v) is 6.47. The van der Waals surface area contributed by atoms with Gasteiger partial charge in [-0.05, 0) is 53.8 Å². The molecule has 0 radical (unpaired) electrons. The highest BCUT2D eigenvalue weighted by Gasteiger charge is 2.06. The van der Waals surface area contributed by atoms with Crippen LogP contribution in [-0.2, 0) is 0 Å². The molecule has 0 heterocycles. The summed E-state index contributed by atoms with van der Waals surface area (Å²) in [5.74, 6) is -0.164. The summed E-state index contributed by atoms with van der Waals surface area (Å²) in [5.41, 5.74) is 4.58. The van der Waals surface area contributed by atoms with Crippen molar-refractivity contribution in [3.05, 3.63) is 61.1 Å². The zero-order valence-electron chi connectivity index (χ0n) is 11.1. The van der Waals surface area contributed by atoms with Gasteiger partial charge in [-0.2, -0.15) is 5.10 Å². The Hall–Kier alpha value is -1.41. The molecule has 0 saturated heterocycles. The number of rotatable bonds is 3. The number of phenols is 1. The van der Waals surface area contributed by atoms with Crippen molar-refractivity contribution in [3.63, 3.8) is 0 Å². The van der Waals surface area contributed by atoms with Gasteiger partial charge in [0.15, 0.2) is 0 Å². The molecule has 0 fully saturated rings. The first-order chi connectivity index (χ1) is 9.97. The lowest BCUT2D eigenvalue weighted by atomic mass is 10.1. The largest absolute Gasteiger partial charge is 0.506 e. The van der Waals surface area contributed by atoms with E-state index in [1.165, 1.54) is 6.21 Å². The Morgan fingerprint density at radius 3 is 2.67 bits per heavy atom. The lowest BCUT2D eigenvalue weighted by molar-refractivity contribution is 0.0955. The lowest BCUT2D eigenvalue weighted by Gasteiger charge is -2.03. The fourth-order valence-corrected chi connectivity index (χ4v) is 3.16. The number of amides is 1. The number of hydrogen-bond donors (Lipinski definition) is 2. The van der Waals surface area contributed by atoms with E-state index in [2.05, 4.69) is 26.5 Å². The Labute approximate surface area is 144 Å². The third-order valence-corrected chi connectivity index (χ3v) is 4.02. The second kappa shape index (κ2) is 7.04. The summed E-state index contributed by atoms with van der Waals surface area (Å²) >= 11 is 5.37. The topological polar surface area (TPSA) is 61.7 Å². The molecular weight excluding hydrogens is 447 g/mol. The van der Waals surface area contributed by atoms with Crippen molar-refractivity contribution in [3.8, 4) is 5.75 Å². The Kier molecular flexibility index (Phi) is 5.35. The van der Waals surface area contributed by atoms with Gasteiger partial charge in [0.25, 0.3) is 5.91 Å². The highest BCUT2D eigenvalue weighted by atomic mass is 127. The predicted octanol–water partition coefficient (Wildman–Crippen LogP) is 3.83. The van der Waals surface area contributed by atoms with E-state index in [0.29, 0.717) is 14.7 Å². The molecule has 2 rings (SSSR count). The predicted molar refractivity (Wildman–Crippen MR) is 94.8 cm³/mol. The summed E-state index contributed by atoms with van der Waals surface area (Å²) in [6, 6.07) is 10.7. The third kappa shape index (κ3) is 4.28. The van der Waals surface area contributed by atoms with Gasteiger partial charge >= 0.3 is 0 Å². The molecule has 4 nitrogen and oxygen atoms in total.